The monoisotopic (exact) mass is 412 g/mol. The van der Waals surface area contributed by atoms with Gasteiger partial charge in [0.25, 0.3) is 0 Å². The molecule has 0 unspecified atom stereocenters. The summed E-state index contributed by atoms with van der Waals surface area (Å²) in [6, 6.07) is 0. The molecule has 0 saturated heterocycles. The first kappa shape index (κ1) is 27.1. The van der Waals surface area contributed by atoms with Gasteiger partial charge in [0.05, 0.1) is 0 Å². The molecular weight excluding hydrogens is 412 g/mol. The van der Waals surface area contributed by atoms with E-state index in [1.165, 1.54) is 0 Å². The molecule has 0 spiro atoms. The van der Waals surface area contributed by atoms with Crippen molar-refractivity contribution in [3.8, 4) is 0 Å². The Morgan fingerprint density at radius 1 is 0.625 bits per heavy atom. The van der Waals surface area contributed by atoms with Crippen LogP contribution < -0.4 is 16.6 Å². The predicted octanol–water partition coefficient (Wildman–Crippen LogP) is -6.31. The van der Waals surface area contributed by atoms with E-state index in [2.05, 4.69) is 2.84 Å². The van der Waals surface area contributed by atoms with E-state index in [0.29, 0.717) is 0 Å². The van der Waals surface area contributed by atoms with E-state index in [-0.39, 0.29) is 75.5 Å². The van der Waals surface area contributed by atoms with Gasteiger partial charge in [-0.25, -0.2) is 0 Å². The van der Waals surface area contributed by atoms with Gasteiger partial charge in [0, 0.05) is 0 Å². The molecule has 0 aromatic heterocycles. The topological polar surface area (TPSA) is 204 Å². The molecule has 0 aromatic carbocycles. The van der Waals surface area contributed by atoms with E-state index in [1.54, 1.807) is 0 Å². The van der Waals surface area contributed by atoms with E-state index in [0.717, 1.165) is 0 Å². The van der Waals surface area contributed by atoms with E-state index >= 15 is 0 Å². The summed E-state index contributed by atoms with van der Waals surface area (Å²) >= 11 is -17.9. The van der Waals surface area contributed by atoms with Crippen LogP contribution in [0.4, 0.5) is 0 Å². The van der Waals surface area contributed by atoms with Crippen LogP contribution in [-0.4, -0.2) is 75.5 Å². The minimum atomic E-state index is -6.07. The van der Waals surface area contributed by atoms with E-state index in [4.69, 9.17) is 15.9 Å². The fourth-order valence-corrected chi connectivity index (χ4v) is 1.74. The fraction of sp³-hybridized carbons (Fsp3) is 0. The normalized spacial score (nSPS) is 11.2. The molecule has 0 radical (unpaired) electrons. The molecule has 0 atom stereocenters. The van der Waals surface area contributed by atoms with Crippen molar-refractivity contribution in [3.63, 3.8) is 0 Å². The quantitative estimate of drug-likeness (QED) is 0.390. The van der Waals surface area contributed by atoms with Crippen molar-refractivity contribution in [3.05, 3.63) is 0 Å². The van der Waals surface area contributed by atoms with Crippen LogP contribution in [0.1, 0.15) is 0 Å². The van der Waals surface area contributed by atoms with Crippen molar-refractivity contribution >= 4 is 75.5 Å². The van der Waals surface area contributed by atoms with Gasteiger partial charge in [0.2, 0.25) is 0 Å². The second-order valence-corrected chi connectivity index (χ2v) is 6.21. The molecule has 0 aromatic rings. The Morgan fingerprint density at radius 3 is 0.750 bits per heavy atom. The molecule has 0 fully saturated rings. The van der Waals surface area contributed by atoms with Crippen LogP contribution in [0, 0.1) is 0 Å². The zero-order valence-corrected chi connectivity index (χ0v) is 15.4. The van der Waals surface area contributed by atoms with Gasteiger partial charge in [-0.3, -0.25) is 0 Å². The van der Waals surface area contributed by atoms with Crippen molar-refractivity contribution in [2.45, 2.75) is 0 Å². The molecular formula is Ca2Cr3O11. The minimum absolute atomic E-state index is 0. The molecule has 0 bridgehead atoms. The van der Waals surface area contributed by atoms with Gasteiger partial charge in [-0.15, -0.1) is 0 Å². The van der Waals surface area contributed by atoms with Crippen LogP contribution in [0.15, 0.2) is 0 Å². The second kappa shape index (κ2) is 10.5. The molecule has 11 nitrogen and oxygen atoms in total. The Hall–Kier alpha value is 2.72. The molecule has 0 N–H and O–H groups in total. The van der Waals surface area contributed by atoms with E-state index in [1.807, 2.05) is 0 Å². The standard InChI is InChI=1S/2Ca.3Cr.11O/q2*+2;;;;;;;;;;;4*-1. The number of rotatable bonds is 2. The van der Waals surface area contributed by atoms with Gasteiger partial charge in [-0.05, 0) is 0 Å². The zero-order valence-electron chi connectivity index (χ0n) is 7.13. The Morgan fingerprint density at radius 2 is 0.750 bits per heavy atom. The summed E-state index contributed by atoms with van der Waals surface area (Å²) in [6.45, 7) is 0. The maximum atomic E-state index is 9.38. The Kier molecular flexibility index (Phi) is 17.8. The van der Waals surface area contributed by atoms with Crippen molar-refractivity contribution in [1.82, 2.24) is 0 Å². The van der Waals surface area contributed by atoms with E-state index < -0.39 is 40.8 Å². The third kappa shape index (κ3) is 54.3. The third-order valence-corrected chi connectivity index (χ3v) is 2.83. The average molecular weight is 412 g/mol. The van der Waals surface area contributed by atoms with E-state index in [9.17, 15) is 23.5 Å². The Labute approximate surface area is 155 Å². The molecule has 88 valence electrons. The van der Waals surface area contributed by atoms with Gasteiger partial charge < -0.3 is 0 Å². The predicted molar refractivity (Wildman–Crippen MR) is 16.7 cm³/mol. The van der Waals surface area contributed by atoms with Crippen LogP contribution in [0.3, 0.4) is 0 Å². The zero-order chi connectivity index (χ0) is 12.2. The summed E-state index contributed by atoms with van der Waals surface area (Å²) in [7, 11) is 0. The molecule has 0 amide bonds. The first-order valence-corrected chi connectivity index (χ1v) is 8.25. The van der Waals surface area contributed by atoms with Gasteiger partial charge in [-0.2, -0.15) is 0 Å². The Bertz CT molecular complexity index is 411. The SMILES string of the molecule is [Ca+2].[Ca+2].[O]=[Cr](=[O])([O-])[O-].[O]=[Cr](=[O])([O-])[O][Cr](=[O])(=[O])[O-]. The summed E-state index contributed by atoms with van der Waals surface area (Å²) in [5, 5.41) is 0. The molecule has 0 aliphatic rings. The summed E-state index contributed by atoms with van der Waals surface area (Å²) in [5.41, 5.74) is 0. The van der Waals surface area contributed by atoms with Crippen molar-refractivity contribution < 1.29 is 83.1 Å². The van der Waals surface area contributed by atoms with Gasteiger partial charge in [0.1, 0.15) is 0 Å². The molecule has 16 heavy (non-hydrogen) atoms. The summed E-state index contributed by atoms with van der Waals surface area (Å²) in [4.78, 5) is 0. The fourth-order valence-electron chi connectivity index (χ4n) is 0.102. The third-order valence-electron chi connectivity index (χ3n) is 0.167. The molecule has 0 heterocycles. The second-order valence-electron chi connectivity index (χ2n) is 1.29. The molecule has 0 saturated carbocycles. The molecule has 0 rings (SSSR count). The van der Waals surface area contributed by atoms with Crippen LogP contribution in [0.5, 0.6) is 0 Å². The van der Waals surface area contributed by atoms with Crippen LogP contribution >= 0.6 is 0 Å². The van der Waals surface area contributed by atoms with Gasteiger partial charge in [-0.1, -0.05) is 0 Å². The summed E-state index contributed by atoms with van der Waals surface area (Å²) in [6.07, 6.45) is 0. The molecule has 16 heteroatoms. The maximum absolute atomic E-state index is 9.38. The first-order valence-electron chi connectivity index (χ1n) is 2.00. The van der Waals surface area contributed by atoms with Crippen LogP contribution in [0.25, 0.3) is 0 Å². The number of hydrogen-bond acceptors (Lipinski definition) is 11. The van der Waals surface area contributed by atoms with Crippen molar-refractivity contribution in [2.24, 2.45) is 0 Å². The summed E-state index contributed by atoms with van der Waals surface area (Å²) in [5.74, 6) is 0. The van der Waals surface area contributed by atoms with Gasteiger partial charge >= 0.3 is 159 Å². The average Bonchev–Trinajstić information content (AvgIpc) is 1.42. The molecule has 0 aliphatic carbocycles. The number of hydrogen-bond donors (Lipinski definition) is 0. The summed E-state index contributed by atoms with van der Waals surface area (Å²) < 4.78 is 93.3. The Balaban J connectivity index is -0.0000000904. The van der Waals surface area contributed by atoms with Crippen molar-refractivity contribution in [1.29, 1.82) is 0 Å². The molecule has 0 aliphatic heterocycles. The van der Waals surface area contributed by atoms with Crippen LogP contribution in [-0.2, 0) is 66.5 Å². The first-order chi connectivity index (χ1) is 5.71. The van der Waals surface area contributed by atoms with Gasteiger partial charge in [0.15, 0.2) is 0 Å². The van der Waals surface area contributed by atoms with Crippen molar-refractivity contribution in [2.75, 3.05) is 0 Å². The van der Waals surface area contributed by atoms with Crippen LogP contribution in [0.2, 0.25) is 0 Å².